The van der Waals surface area contributed by atoms with Crippen molar-refractivity contribution in [3.8, 4) is 0 Å². The van der Waals surface area contributed by atoms with Gasteiger partial charge in [0.2, 0.25) is 0 Å². The maximum absolute atomic E-state index is 12.9. The van der Waals surface area contributed by atoms with Gasteiger partial charge in [0.25, 0.3) is 0 Å². The lowest BCUT2D eigenvalue weighted by Crippen LogP contribution is -2.30. The summed E-state index contributed by atoms with van der Waals surface area (Å²) in [6.45, 7) is 6.46. The fraction of sp³-hybridized carbons (Fsp3) is 0.767. The van der Waals surface area contributed by atoms with E-state index < -0.39 is 6.10 Å². The van der Waals surface area contributed by atoms with Gasteiger partial charge in [-0.3, -0.25) is 14.4 Å². The molecule has 0 bridgehead atoms. The predicted molar refractivity (Wildman–Crippen MR) is 344 cm³/mol. The summed E-state index contributed by atoms with van der Waals surface area (Å²) in [5.74, 6) is -0.889. The quantitative estimate of drug-likeness (QED) is 0.0261. The van der Waals surface area contributed by atoms with Gasteiger partial charge in [-0.15, -0.1) is 0 Å². The van der Waals surface area contributed by atoms with Crippen LogP contribution < -0.4 is 0 Å². The fourth-order valence-corrected chi connectivity index (χ4v) is 9.76. The first-order chi connectivity index (χ1) is 39.0. The minimum atomic E-state index is -0.784. The second-order valence-corrected chi connectivity index (χ2v) is 22.7. The Kier molecular flexibility index (Phi) is 64.2. The van der Waals surface area contributed by atoms with Gasteiger partial charge < -0.3 is 14.2 Å². The Bertz CT molecular complexity index is 1500. The van der Waals surface area contributed by atoms with Crippen LogP contribution in [0.4, 0.5) is 0 Å². The molecule has 0 aromatic rings. The average molecular weight is 1100 g/mol. The molecule has 0 saturated carbocycles. The van der Waals surface area contributed by atoms with E-state index in [9.17, 15) is 14.4 Å². The van der Waals surface area contributed by atoms with Gasteiger partial charge in [-0.05, 0) is 109 Å². The van der Waals surface area contributed by atoms with Crippen LogP contribution >= 0.6 is 0 Å². The van der Waals surface area contributed by atoms with Gasteiger partial charge in [0.1, 0.15) is 13.2 Å². The maximum Gasteiger partial charge on any atom is 0.306 e. The number of ether oxygens (including phenoxy) is 3. The first-order valence-corrected chi connectivity index (χ1v) is 34.1. The zero-order valence-electron chi connectivity index (χ0n) is 52.4. The zero-order chi connectivity index (χ0) is 57.1. The minimum Gasteiger partial charge on any atom is -0.462 e. The van der Waals surface area contributed by atoms with E-state index in [0.29, 0.717) is 19.3 Å². The molecule has 0 aliphatic rings. The van der Waals surface area contributed by atoms with Crippen LogP contribution in [0.25, 0.3) is 0 Å². The van der Waals surface area contributed by atoms with Crippen LogP contribution in [0.1, 0.15) is 342 Å². The van der Waals surface area contributed by atoms with Crippen LogP contribution in [-0.2, 0) is 28.6 Å². The van der Waals surface area contributed by atoms with Gasteiger partial charge in [0.15, 0.2) is 6.10 Å². The van der Waals surface area contributed by atoms with Gasteiger partial charge >= 0.3 is 17.9 Å². The van der Waals surface area contributed by atoms with Gasteiger partial charge in [0, 0.05) is 19.3 Å². The highest BCUT2D eigenvalue weighted by Crippen LogP contribution is 2.17. The third-order valence-corrected chi connectivity index (χ3v) is 14.8. The van der Waals surface area contributed by atoms with E-state index in [1.807, 2.05) is 0 Å². The highest BCUT2D eigenvalue weighted by molar-refractivity contribution is 5.71. The first kappa shape index (κ1) is 75.6. The Labute approximate surface area is 490 Å². The van der Waals surface area contributed by atoms with Gasteiger partial charge in [-0.2, -0.15) is 0 Å². The van der Waals surface area contributed by atoms with Crippen LogP contribution in [0.5, 0.6) is 0 Å². The molecule has 0 saturated heterocycles. The highest BCUT2D eigenvalue weighted by Gasteiger charge is 2.19. The average Bonchev–Trinajstić information content (AvgIpc) is 3.45. The lowest BCUT2D eigenvalue weighted by atomic mass is 10.0. The third kappa shape index (κ3) is 65.3. The molecule has 0 spiro atoms. The Hall–Kier alpha value is -3.41. The number of allylic oxidation sites excluding steroid dienone is 14. The van der Waals surface area contributed by atoms with Crippen molar-refractivity contribution in [2.45, 2.75) is 348 Å². The van der Waals surface area contributed by atoms with E-state index in [2.05, 4.69) is 106 Å². The summed E-state index contributed by atoms with van der Waals surface area (Å²) < 4.78 is 16.9. The zero-order valence-corrected chi connectivity index (χ0v) is 52.4. The van der Waals surface area contributed by atoms with Crippen molar-refractivity contribution in [1.29, 1.82) is 0 Å². The number of carbonyl (C=O) groups is 3. The Morgan fingerprint density at radius 2 is 0.519 bits per heavy atom. The van der Waals surface area contributed by atoms with Crippen molar-refractivity contribution < 1.29 is 28.6 Å². The lowest BCUT2D eigenvalue weighted by Gasteiger charge is -2.18. The number of carbonyl (C=O) groups excluding carboxylic acids is 3. The van der Waals surface area contributed by atoms with Crippen molar-refractivity contribution in [3.05, 3.63) is 85.1 Å². The van der Waals surface area contributed by atoms with Crippen molar-refractivity contribution >= 4 is 17.9 Å². The molecule has 1 unspecified atom stereocenters. The number of unbranched alkanes of at least 4 members (excludes halogenated alkanes) is 37. The summed E-state index contributed by atoms with van der Waals surface area (Å²) >= 11 is 0. The maximum atomic E-state index is 12.9. The van der Waals surface area contributed by atoms with Crippen LogP contribution in [0.2, 0.25) is 0 Å². The van der Waals surface area contributed by atoms with Crippen molar-refractivity contribution in [2.75, 3.05) is 13.2 Å². The number of rotatable bonds is 62. The standard InChI is InChI=1S/C73H128O6/c1-4-7-10-13-16-19-22-25-26-27-28-29-30-31-32-33-34-35-36-37-38-39-40-41-42-43-44-45-46-49-51-54-57-60-63-66-72(75)78-69-70(79-73(76)67-64-61-58-55-52-48-24-21-18-15-12-9-6-3)68-77-71(74)65-62-59-56-53-50-47-23-20-17-14-11-8-5-2/h7,10,12,15-16,19-21,23-26,28-29,70H,4-6,8-9,11,13-14,17-18,22,27,30-69H2,1-3H3/b10-7-,15-12-,19-16-,23-20-,24-21-,26-25-,29-28-. The molecule has 0 aliphatic heterocycles. The summed E-state index contributed by atoms with van der Waals surface area (Å²) in [6, 6.07) is 0. The Balaban J connectivity index is 4.06. The highest BCUT2D eigenvalue weighted by atomic mass is 16.6. The monoisotopic (exact) mass is 1100 g/mol. The Morgan fingerprint density at radius 1 is 0.266 bits per heavy atom. The van der Waals surface area contributed by atoms with E-state index >= 15 is 0 Å². The van der Waals surface area contributed by atoms with E-state index in [1.165, 1.54) is 180 Å². The second-order valence-electron chi connectivity index (χ2n) is 22.7. The van der Waals surface area contributed by atoms with E-state index in [0.717, 1.165) is 122 Å². The summed E-state index contributed by atoms with van der Waals surface area (Å²) in [7, 11) is 0. The molecule has 79 heavy (non-hydrogen) atoms. The fourth-order valence-electron chi connectivity index (χ4n) is 9.76. The van der Waals surface area contributed by atoms with Crippen LogP contribution in [0.3, 0.4) is 0 Å². The predicted octanol–water partition coefficient (Wildman–Crippen LogP) is 23.4. The lowest BCUT2D eigenvalue weighted by molar-refractivity contribution is -0.167. The van der Waals surface area contributed by atoms with Gasteiger partial charge in [0.05, 0.1) is 0 Å². The molecule has 6 heteroatoms. The normalized spacial score (nSPS) is 12.6. The number of hydrogen-bond donors (Lipinski definition) is 0. The molecule has 0 aromatic carbocycles. The molecule has 0 N–H and O–H groups in total. The topological polar surface area (TPSA) is 78.9 Å². The van der Waals surface area contributed by atoms with Gasteiger partial charge in [-0.25, -0.2) is 0 Å². The van der Waals surface area contributed by atoms with Crippen LogP contribution in [-0.4, -0.2) is 37.2 Å². The molecule has 0 radical (unpaired) electrons. The number of esters is 3. The molecule has 0 aromatic heterocycles. The molecule has 6 nitrogen and oxygen atoms in total. The van der Waals surface area contributed by atoms with Crippen LogP contribution in [0, 0.1) is 0 Å². The van der Waals surface area contributed by atoms with E-state index in [4.69, 9.17) is 14.2 Å². The molecule has 0 aliphatic carbocycles. The van der Waals surface area contributed by atoms with Crippen LogP contribution in [0.15, 0.2) is 85.1 Å². The largest absolute Gasteiger partial charge is 0.462 e. The molecule has 0 amide bonds. The minimum absolute atomic E-state index is 0.0805. The molecule has 456 valence electrons. The Morgan fingerprint density at radius 3 is 0.835 bits per heavy atom. The summed E-state index contributed by atoms with van der Waals surface area (Å²) in [5.41, 5.74) is 0. The van der Waals surface area contributed by atoms with Crippen molar-refractivity contribution in [1.82, 2.24) is 0 Å². The van der Waals surface area contributed by atoms with E-state index in [1.54, 1.807) is 0 Å². The molecule has 0 rings (SSSR count). The number of hydrogen-bond acceptors (Lipinski definition) is 6. The van der Waals surface area contributed by atoms with E-state index in [-0.39, 0.29) is 31.1 Å². The molecule has 1 atom stereocenters. The summed E-state index contributed by atoms with van der Waals surface area (Å²) in [6.07, 6.45) is 89.1. The second kappa shape index (κ2) is 67.1. The summed E-state index contributed by atoms with van der Waals surface area (Å²) in [5, 5.41) is 0. The van der Waals surface area contributed by atoms with Crippen molar-refractivity contribution in [2.24, 2.45) is 0 Å². The molecular weight excluding hydrogens is 973 g/mol. The smallest absolute Gasteiger partial charge is 0.306 e. The summed E-state index contributed by atoms with van der Waals surface area (Å²) in [4.78, 5) is 38.2. The SMILES string of the molecule is CC/C=C\C/C=C\C/C=C\C/C=C\CCCCCCCCCCCCCCCCCCCCCCCCC(=O)OCC(COC(=O)CCCCCCC/C=C\CCCCCC)OC(=O)CCCCCCC/C=C\C/C=C\CCC. The molecule has 0 fully saturated rings. The van der Waals surface area contributed by atoms with Crippen molar-refractivity contribution in [3.63, 3.8) is 0 Å². The molecule has 0 heterocycles. The van der Waals surface area contributed by atoms with Gasteiger partial charge in [-0.1, -0.05) is 298 Å². The third-order valence-electron chi connectivity index (χ3n) is 14.8. The molecular formula is C73H128O6. The first-order valence-electron chi connectivity index (χ1n) is 34.1.